The fourth-order valence-corrected chi connectivity index (χ4v) is 9.01. The fraction of sp³-hybridized carbons (Fsp3) is 0.733. The molecule has 58 heavy (non-hydrogen) atoms. The number of ether oxygens (including phenoxy) is 1. The summed E-state index contributed by atoms with van der Waals surface area (Å²) >= 11 is 1.14. The van der Waals surface area contributed by atoms with Crippen LogP contribution in [0.25, 0.3) is 11.2 Å². The largest absolute Gasteiger partial charge is 0.481 e. The van der Waals surface area contributed by atoms with Crippen molar-refractivity contribution < 1.29 is 80.5 Å². The van der Waals surface area contributed by atoms with Crippen molar-refractivity contribution in [1.29, 1.82) is 0 Å². The van der Waals surface area contributed by atoms with E-state index >= 15 is 0 Å². The van der Waals surface area contributed by atoms with Crippen molar-refractivity contribution in [3.05, 3.63) is 12.7 Å². The van der Waals surface area contributed by atoms with Gasteiger partial charge in [-0.15, -0.1) is 0 Å². The van der Waals surface area contributed by atoms with Crippen molar-refractivity contribution in [3.8, 4) is 0 Å². The predicted molar refractivity (Wildman–Crippen MR) is 205 cm³/mol. The lowest BCUT2D eigenvalue weighted by molar-refractivity contribution is -0.137. The van der Waals surface area contributed by atoms with Crippen LogP contribution in [0.3, 0.4) is 0 Å². The van der Waals surface area contributed by atoms with Gasteiger partial charge in [-0.3, -0.25) is 32.5 Å². The molecule has 0 saturated carbocycles. The average molecular weight is 908 g/mol. The quantitative estimate of drug-likeness (QED) is 0.0526. The highest BCUT2D eigenvalue weighted by molar-refractivity contribution is 8.13. The molecule has 28 heteroatoms. The van der Waals surface area contributed by atoms with E-state index in [4.69, 9.17) is 19.5 Å². The van der Waals surface area contributed by atoms with Crippen LogP contribution in [0.15, 0.2) is 12.7 Å². The van der Waals surface area contributed by atoms with Gasteiger partial charge in [0.1, 0.15) is 36.3 Å². The first-order chi connectivity index (χ1) is 26.8. The lowest BCUT2D eigenvalue weighted by Gasteiger charge is -2.30. The Balaban J connectivity index is 1.46. The molecule has 3 heterocycles. The number of carbonyl (C=O) groups is 3. The topological polar surface area (TPSA) is 364 Å². The van der Waals surface area contributed by atoms with E-state index in [1.54, 1.807) is 0 Å². The SMILES string of the molecule is CC(C)CCC[C@@H](C)C(=O)SCCNC(=O)CCNC(=O)[C@H](O)C(C)(C)COP(=O)(O)OP(=O)(O)OC[C@H]1O[C@@H](n2cnc3c(N)ncnc32)[C@H](O)[C@@H]1OP(=O)(O)O. The summed E-state index contributed by atoms with van der Waals surface area (Å²) in [6.45, 7) is 6.67. The van der Waals surface area contributed by atoms with Gasteiger partial charge >= 0.3 is 23.5 Å². The highest BCUT2D eigenvalue weighted by Crippen LogP contribution is 2.61. The van der Waals surface area contributed by atoms with Crippen LogP contribution in [0.2, 0.25) is 0 Å². The Morgan fingerprint density at radius 3 is 2.34 bits per heavy atom. The molecule has 0 spiro atoms. The summed E-state index contributed by atoms with van der Waals surface area (Å²) < 4.78 is 62.2. The van der Waals surface area contributed by atoms with E-state index in [0.717, 1.165) is 48.2 Å². The smallest absolute Gasteiger partial charge is 0.386 e. The molecule has 1 fully saturated rings. The Kier molecular flexibility index (Phi) is 18.4. The number of hydrogen-bond acceptors (Lipinski definition) is 18. The molecule has 10 N–H and O–H groups in total. The van der Waals surface area contributed by atoms with E-state index in [2.05, 4.69) is 48.3 Å². The number of rotatable bonds is 24. The molecular formula is C30H52N7O17P3S. The maximum Gasteiger partial charge on any atom is 0.481 e. The van der Waals surface area contributed by atoms with Crippen LogP contribution in [0, 0.1) is 17.3 Å². The molecule has 1 aliphatic heterocycles. The summed E-state index contributed by atoms with van der Waals surface area (Å²) in [6.07, 6.45) is -4.08. The first-order valence-corrected chi connectivity index (χ1v) is 23.4. The molecule has 0 aromatic carbocycles. The zero-order valence-electron chi connectivity index (χ0n) is 32.4. The monoisotopic (exact) mass is 907 g/mol. The van der Waals surface area contributed by atoms with E-state index < -0.39 is 84.6 Å². The van der Waals surface area contributed by atoms with Crippen LogP contribution in [-0.2, 0) is 50.7 Å². The number of fused-ring (bicyclic) bond motifs is 1. The lowest BCUT2D eigenvalue weighted by atomic mass is 9.87. The number of thioether (sulfide) groups is 1. The first-order valence-electron chi connectivity index (χ1n) is 17.9. The van der Waals surface area contributed by atoms with Crippen molar-refractivity contribution in [2.45, 2.75) is 90.9 Å². The molecule has 2 unspecified atom stereocenters. The van der Waals surface area contributed by atoms with Crippen molar-refractivity contribution in [2.24, 2.45) is 17.3 Å². The number of phosphoric acid groups is 3. The van der Waals surface area contributed by atoms with E-state index in [1.165, 1.54) is 13.8 Å². The zero-order chi connectivity index (χ0) is 43.6. The first kappa shape index (κ1) is 49.9. The maximum atomic E-state index is 12.7. The predicted octanol–water partition coefficient (Wildman–Crippen LogP) is 1.13. The molecule has 3 rings (SSSR count). The molecule has 24 nitrogen and oxygen atoms in total. The van der Waals surface area contributed by atoms with Crippen molar-refractivity contribution >= 4 is 69.1 Å². The number of hydrogen-bond donors (Lipinski definition) is 9. The summed E-state index contributed by atoms with van der Waals surface area (Å²) in [5.41, 5.74) is 4.27. The van der Waals surface area contributed by atoms with Crippen LogP contribution in [0.1, 0.15) is 66.5 Å². The normalized spacial score (nSPS) is 22.0. The van der Waals surface area contributed by atoms with Gasteiger partial charge in [0, 0.05) is 36.6 Å². The molecule has 0 aliphatic carbocycles. The van der Waals surface area contributed by atoms with Gasteiger partial charge in [-0.2, -0.15) is 4.31 Å². The standard InChI is InChI=1S/C30H52N7O17P3S/c1-17(2)7-6-8-18(3)29(42)58-12-11-32-20(38)9-10-33-27(41)24(40)30(4,5)14-51-57(48,49)54-56(46,47)50-13-19-23(53-55(43,44)45)22(39)28(52-19)37-16-36-21-25(31)34-15-35-26(21)37/h15-19,22-24,28,39-40H,6-14H2,1-5H3,(H,32,38)(H,33,41)(H,46,47)(H,48,49)(H2,31,34,35)(H2,43,44,45)/t18-,19-,22-,23-,24+,28-/m1/s1. The van der Waals surface area contributed by atoms with Gasteiger partial charge in [0.2, 0.25) is 11.8 Å². The summed E-state index contributed by atoms with van der Waals surface area (Å²) in [5.74, 6) is -0.572. The zero-order valence-corrected chi connectivity index (χ0v) is 35.8. The second-order valence-corrected chi connectivity index (χ2v) is 19.8. The molecule has 1 saturated heterocycles. The van der Waals surface area contributed by atoms with Gasteiger partial charge in [-0.05, 0) is 12.3 Å². The number of aromatic nitrogens is 4. The number of amides is 2. The Morgan fingerprint density at radius 2 is 1.69 bits per heavy atom. The van der Waals surface area contributed by atoms with E-state index in [-0.39, 0.29) is 47.5 Å². The summed E-state index contributed by atoms with van der Waals surface area (Å²) in [5, 5.41) is 26.5. The third-order valence-electron chi connectivity index (χ3n) is 8.57. The van der Waals surface area contributed by atoms with Crippen LogP contribution in [-0.4, -0.2) is 123 Å². The Bertz CT molecular complexity index is 1870. The van der Waals surface area contributed by atoms with E-state index in [1.807, 2.05) is 6.92 Å². The van der Waals surface area contributed by atoms with Gasteiger partial charge in [0.25, 0.3) is 0 Å². The van der Waals surface area contributed by atoms with Gasteiger partial charge in [0.05, 0.1) is 19.5 Å². The second kappa shape index (κ2) is 21.4. The number of anilines is 1. The van der Waals surface area contributed by atoms with Crippen LogP contribution in [0.4, 0.5) is 5.82 Å². The molecular weight excluding hydrogens is 855 g/mol. The fourth-order valence-electron chi connectivity index (χ4n) is 5.37. The summed E-state index contributed by atoms with van der Waals surface area (Å²) in [4.78, 5) is 88.1. The lowest BCUT2D eigenvalue weighted by Crippen LogP contribution is -2.46. The minimum Gasteiger partial charge on any atom is -0.386 e. The highest BCUT2D eigenvalue weighted by atomic mass is 32.2. The van der Waals surface area contributed by atoms with E-state index in [9.17, 15) is 57.9 Å². The summed E-state index contributed by atoms with van der Waals surface area (Å²) in [7, 11) is -16.4. The Hall–Kier alpha value is -2.44. The van der Waals surface area contributed by atoms with Gasteiger partial charge < -0.3 is 50.9 Å². The maximum absolute atomic E-state index is 12.7. The molecule has 2 aromatic rings. The molecule has 1 aliphatic rings. The Morgan fingerprint density at radius 1 is 1.02 bits per heavy atom. The van der Waals surface area contributed by atoms with Gasteiger partial charge in [-0.25, -0.2) is 28.6 Å². The van der Waals surface area contributed by atoms with Gasteiger partial charge in [-0.1, -0.05) is 59.2 Å². The second-order valence-electron chi connectivity index (χ2n) is 14.5. The van der Waals surface area contributed by atoms with Crippen LogP contribution < -0.4 is 16.4 Å². The number of aliphatic hydroxyl groups excluding tert-OH is 2. The third-order valence-corrected chi connectivity index (χ3v) is 12.8. The molecule has 2 aromatic heterocycles. The number of nitrogens with two attached hydrogens (primary N) is 1. The van der Waals surface area contributed by atoms with Crippen molar-refractivity contribution in [3.63, 3.8) is 0 Å². The number of nitrogens with zero attached hydrogens (tertiary/aromatic N) is 4. The third kappa shape index (κ3) is 15.5. The molecule has 0 radical (unpaired) electrons. The average Bonchev–Trinajstić information content (AvgIpc) is 3.67. The minimum absolute atomic E-state index is 0.0319. The highest BCUT2D eigenvalue weighted by Gasteiger charge is 2.50. The molecule has 330 valence electrons. The molecule has 8 atom stereocenters. The number of carbonyl (C=O) groups excluding carboxylic acids is 3. The summed E-state index contributed by atoms with van der Waals surface area (Å²) in [6, 6.07) is 0. The number of imidazole rings is 1. The number of nitrogens with one attached hydrogen (secondary N) is 2. The molecule has 2 amide bonds. The minimum atomic E-state index is -5.57. The van der Waals surface area contributed by atoms with Crippen LogP contribution >= 0.6 is 35.2 Å². The Labute approximate surface area is 337 Å². The van der Waals surface area contributed by atoms with Gasteiger partial charge in [0.15, 0.2) is 22.8 Å². The number of phosphoric ester groups is 3. The van der Waals surface area contributed by atoms with E-state index in [0.29, 0.717) is 11.7 Å². The van der Waals surface area contributed by atoms with Crippen molar-refractivity contribution in [1.82, 2.24) is 30.2 Å². The van der Waals surface area contributed by atoms with Crippen LogP contribution in [0.5, 0.6) is 0 Å². The van der Waals surface area contributed by atoms with Crippen molar-refractivity contribution in [2.75, 3.05) is 37.8 Å². The number of nitrogen functional groups attached to an aromatic ring is 1. The number of aliphatic hydroxyl groups is 2. The molecule has 0 bridgehead atoms.